The van der Waals surface area contributed by atoms with Crippen LogP contribution in [0.3, 0.4) is 0 Å². The molecule has 2 atom stereocenters. The summed E-state index contributed by atoms with van der Waals surface area (Å²) in [5, 5.41) is 8.49. The van der Waals surface area contributed by atoms with Gasteiger partial charge in [-0.05, 0) is 86.7 Å². The molecule has 0 bridgehead atoms. The number of carbonyl (C=O) groups is 1. The van der Waals surface area contributed by atoms with Gasteiger partial charge in [-0.1, -0.05) is 5.57 Å². The number of benzene rings is 1. The van der Waals surface area contributed by atoms with Crippen LogP contribution in [0.4, 0.5) is 17.6 Å². The molecule has 0 spiro atoms. The van der Waals surface area contributed by atoms with E-state index < -0.39 is 44.8 Å². The Morgan fingerprint density at radius 1 is 1.16 bits per heavy atom. The van der Waals surface area contributed by atoms with Crippen molar-refractivity contribution in [1.29, 1.82) is 0 Å². The van der Waals surface area contributed by atoms with Crippen LogP contribution in [0.1, 0.15) is 53.5 Å². The number of pyridine rings is 1. The predicted molar refractivity (Wildman–Crippen MR) is 152 cm³/mol. The highest BCUT2D eigenvalue weighted by atomic mass is 32.2. The fourth-order valence-corrected chi connectivity index (χ4v) is 7.47. The summed E-state index contributed by atoms with van der Waals surface area (Å²) in [7, 11) is -2.61. The zero-order valence-electron chi connectivity index (χ0n) is 23.8. The molecule has 0 saturated heterocycles. The third-order valence-electron chi connectivity index (χ3n) is 8.56. The van der Waals surface area contributed by atoms with Crippen LogP contribution in [-0.2, 0) is 29.2 Å². The Labute approximate surface area is 250 Å². The lowest BCUT2D eigenvalue weighted by Gasteiger charge is -2.45. The maximum Gasteiger partial charge on any atom is 0.416 e. The van der Waals surface area contributed by atoms with Crippen molar-refractivity contribution in [3.05, 3.63) is 95.0 Å². The summed E-state index contributed by atoms with van der Waals surface area (Å²) in [6.45, 7) is 2.31. The van der Waals surface area contributed by atoms with Crippen LogP contribution in [0, 0.1) is 11.2 Å². The van der Waals surface area contributed by atoms with Gasteiger partial charge in [0, 0.05) is 32.0 Å². The summed E-state index contributed by atoms with van der Waals surface area (Å²) in [5.74, 6) is -1.04. The number of sulfonamides is 1. The van der Waals surface area contributed by atoms with Crippen molar-refractivity contribution in [3.8, 4) is 5.69 Å². The Kier molecular flexibility index (Phi) is 7.31. The van der Waals surface area contributed by atoms with E-state index in [4.69, 9.17) is 0 Å². The highest BCUT2D eigenvalue weighted by molar-refractivity contribution is 7.89. The molecule has 6 rings (SSSR count). The minimum atomic E-state index is -4.68. The Morgan fingerprint density at radius 2 is 1.91 bits per heavy atom. The number of carbonyl (C=O) groups excluding carboxylic acids is 1. The second-order valence-corrected chi connectivity index (χ2v) is 13.0. The quantitative estimate of drug-likeness (QED) is 0.203. The first kappa shape index (κ1) is 29.9. The molecule has 44 heavy (non-hydrogen) atoms. The van der Waals surface area contributed by atoms with Gasteiger partial charge in [0.15, 0.2) is 10.8 Å². The number of rotatable bonds is 7. The zero-order chi connectivity index (χ0) is 31.4. The van der Waals surface area contributed by atoms with Crippen LogP contribution < -0.4 is 0 Å². The van der Waals surface area contributed by atoms with Crippen molar-refractivity contribution in [2.24, 2.45) is 5.41 Å². The number of alkyl halides is 3. The van der Waals surface area contributed by atoms with Gasteiger partial charge in [0.1, 0.15) is 11.5 Å². The molecule has 230 valence electrons. The molecule has 9 nitrogen and oxygen atoms in total. The van der Waals surface area contributed by atoms with Gasteiger partial charge in [-0.15, -0.1) is 0 Å². The van der Waals surface area contributed by atoms with Crippen molar-refractivity contribution in [1.82, 2.24) is 28.9 Å². The number of aromatic nitrogens is 5. The van der Waals surface area contributed by atoms with Crippen molar-refractivity contribution < 1.29 is 30.8 Å². The molecule has 3 aromatic heterocycles. The number of allylic oxidation sites excluding steroid dienone is 1. The second-order valence-electron chi connectivity index (χ2n) is 11.1. The van der Waals surface area contributed by atoms with Gasteiger partial charge in [0.2, 0.25) is 0 Å². The molecule has 2 aliphatic carbocycles. The van der Waals surface area contributed by atoms with E-state index in [1.165, 1.54) is 34.2 Å². The Morgan fingerprint density at radius 3 is 2.59 bits per heavy atom. The molecule has 0 amide bonds. The molecule has 1 fully saturated rings. The number of Topliss-reactive ketones (excluding diaryl/α,β-unsaturated/α-hetero) is 1. The lowest BCUT2D eigenvalue weighted by Crippen LogP contribution is -2.49. The fraction of sp³-hybridized carbons (Fsp3) is 0.333. The van der Waals surface area contributed by atoms with Gasteiger partial charge >= 0.3 is 6.18 Å². The van der Waals surface area contributed by atoms with Crippen molar-refractivity contribution in [2.75, 3.05) is 7.05 Å². The van der Waals surface area contributed by atoms with Crippen molar-refractivity contribution in [2.45, 2.75) is 56.4 Å². The summed E-state index contributed by atoms with van der Waals surface area (Å²) in [5.41, 5.74) is -0.187. The average Bonchev–Trinajstić information content (AvgIpc) is 3.66. The molecule has 4 aromatic rings. The van der Waals surface area contributed by atoms with Gasteiger partial charge < -0.3 is 0 Å². The molecule has 14 heteroatoms. The first-order valence-electron chi connectivity index (χ1n) is 14.0. The van der Waals surface area contributed by atoms with Gasteiger partial charge in [-0.2, -0.15) is 27.7 Å². The van der Waals surface area contributed by atoms with Crippen LogP contribution in [0.25, 0.3) is 11.8 Å². The van der Waals surface area contributed by atoms with Crippen molar-refractivity contribution >= 4 is 21.9 Å². The van der Waals surface area contributed by atoms with Crippen molar-refractivity contribution in [3.63, 3.8) is 0 Å². The Balaban J connectivity index is 1.43. The molecular weight excluding hydrogens is 600 g/mol. The zero-order valence-corrected chi connectivity index (χ0v) is 24.6. The Bertz CT molecular complexity index is 1880. The minimum Gasteiger partial charge on any atom is -0.291 e. The summed E-state index contributed by atoms with van der Waals surface area (Å²) in [4.78, 5) is 18.4. The van der Waals surface area contributed by atoms with Gasteiger partial charge in [0.25, 0.3) is 10.0 Å². The Hall–Kier alpha value is -4.17. The third-order valence-corrected chi connectivity index (χ3v) is 10.4. The molecule has 0 unspecified atom stereocenters. The monoisotopic (exact) mass is 628 g/mol. The highest BCUT2D eigenvalue weighted by Gasteiger charge is 2.51. The van der Waals surface area contributed by atoms with Crippen LogP contribution in [0.5, 0.6) is 0 Å². The molecule has 0 radical (unpaired) electrons. The van der Waals surface area contributed by atoms with Gasteiger partial charge in [-0.3, -0.25) is 14.5 Å². The van der Waals surface area contributed by atoms with Crippen LogP contribution in [0.15, 0.2) is 71.7 Å². The summed E-state index contributed by atoms with van der Waals surface area (Å²) in [6.07, 6.45) is 1.95. The van der Waals surface area contributed by atoms with Crippen LogP contribution >= 0.6 is 0 Å². The summed E-state index contributed by atoms with van der Waals surface area (Å²) >= 11 is 0. The van der Waals surface area contributed by atoms with E-state index in [0.29, 0.717) is 41.9 Å². The lowest BCUT2D eigenvalue weighted by atomic mass is 9.60. The summed E-state index contributed by atoms with van der Waals surface area (Å²) in [6, 6.07) is 8.04. The first-order valence-corrected chi connectivity index (χ1v) is 15.4. The topological polar surface area (TPSA) is 103 Å². The molecule has 2 aliphatic rings. The lowest BCUT2D eigenvalue weighted by molar-refractivity contribution is -0.137. The number of hydrogen-bond acceptors (Lipinski definition) is 6. The predicted octanol–water partition coefficient (Wildman–Crippen LogP) is 5.32. The number of halogens is 4. The molecule has 3 heterocycles. The molecule has 0 N–H and O–H groups in total. The SMILES string of the molecule is CCn1ccc(S(=O)(=O)N(C)[C@H]2CCC3=Cc4c(cnn4-c4ccc(F)cc4)C[C@]3(C(=O)c3cc(C(F)(F)F)ccn3)C2)n1. The normalized spacial score (nSPS) is 20.2. The van der Waals surface area contributed by atoms with E-state index in [2.05, 4.69) is 15.2 Å². The number of ketones is 1. The fourth-order valence-electron chi connectivity index (χ4n) is 6.16. The second kappa shape index (κ2) is 10.8. The van der Waals surface area contributed by atoms with Gasteiger partial charge in [0.05, 0.1) is 28.6 Å². The minimum absolute atomic E-state index is 0.0149. The number of aryl methyl sites for hydroxylation is 1. The van der Waals surface area contributed by atoms with E-state index >= 15 is 0 Å². The number of hydrogen-bond donors (Lipinski definition) is 0. The summed E-state index contributed by atoms with van der Waals surface area (Å²) < 4.78 is 85.9. The van der Waals surface area contributed by atoms with Crippen LogP contribution in [-0.4, -0.2) is 56.1 Å². The number of nitrogens with zero attached hydrogens (tertiary/aromatic N) is 6. The van der Waals surface area contributed by atoms with E-state index in [9.17, 15) is 30.8 Å². The van der Waals surface area contributed by atoms with E-state index in [1.807, 2.05) is 6.92 Å². The maximum absolute atomic E-state index is 14.4. The third kappa shape index (κ3) is 5.05. The van der Waals surface area contributed by atoms with E-state index in [0.717, 1.165) is 18.3 Å². The van der Waals surface area contributed by atoms with Gasteiger partial charge in [-0.25, -0.2) is 17.5 Å². The number of fused-ring (bicyclic) bond motifs is 2. The smallest absolute Gasteiger partial charge is 0.291 e. The van der Waals surface area contributed by atoms with E-state index in [-0.39, 0.29) is 23.6 Å². The highest BCUT2D eigenvalue weighted by Crippen LogP contribution is 2.51. The molecule has 0 aliphatic heterocycles. The molecule has 1 aromatic carbocycles. The average molecular weight is 629 g/mol. The van der Waals surface area contributed by atoms with Crippen LogP contribution in [0.2, 0.25) is 0 Å². The standard InChI is InChI=1S/C30H28F4N6O3S/c1-3-39-13-11-27(37-39)44(42,43)38(2)24-7-4-20-15-26-19(18-36-40(26)23-8-5-22(31)6-9-23)16-29(20,17-24)28(41)25-14-21(10-12-35-25)30(32,33)34/h5-6,8-15,18,24H,3-4,7,16-17H2,1-2H3/t24-,29-/m0/s1. The van der Waals surface area contributed by atoms with E-state index in [1.54, 1.807) is 35.3 Å². The largest absolute Gasteiger partial charge is 0.416 e. The molecule has 1 saturated carbocycles. The first-order chi connectivity index (χ1) is 20.8. The maximum atomic E-state index is 14.4. The molecular formula is C30H28F4N6O3S.